The second-order valence-corrected chi connectivity index (χ2v) is 5.82. The summed E-state index contributed by atoms with van der Waals surface area (Å²) in [5.74, 6) is 2.54. The molecule has 4 rings (SSSR count). The number of fused-ring (bicyclic) bond motifs is 2. The van der Waals surface area contributed by atoms with E-state index in [2.05, 4.69) is 9.98 Å². The van der Waals surface area contributed by atoms with Gasteiger partial charge in [0.05, 0.1) is 11.2 Å². The van der Waals surface area contributed by atoms with Crippen LogP contribution in [0.1, 0.15) is 5.56 Å². The second kappa shape index (κ2) is 6.20. The van der Waals surface area contributed by atoms with Crippen LogP contribution in [0.3, 0.4) is 0 Å². The second-order valence-electron chi connectivity index (χ2n) is 5.82. The van der Waals surface area contributed by atoms with E-state index in [9.17, 15) is 4.79 Å². The molecule has 4 aromatic rings. The Morgan fingerprint density at radius 1 is 1.12 bits per heavy atom. The van der Waals surface area contributed by atoms with Gasteiger partial charge < -0.3 is 11.5 Å². The lowest BCUT2D eigenvalue weighted by Crippen LogP contribution is -2.21. The van der Waals surface area contributed by atoms with Crippen LogP contribution < -0.4 is 11.5 Å². The molecule has 126 valence electrons. The number of nitrogens with zero attached hydrogens (tertiary/aromatic N) is 3. The van der Waals surface area contributed by atoms with Gasteiger partial charge in [0, 0.05) is 29.2 Å². The van der Waals surface area contributed by atoms with Crippen LogP contribution in [-0.4, -0.2) is 21.5 Å². The topological polar surface area (TPSA) is 99.3 Å². The summed E-state index contributed by atoms with van der Waals surface area (Å²) in [6.45, 7) is 0. The maximum atomic E-state index is 10.7. The monoisotopic (exact) mass is 341 g/mol. The van der Waals surface area contributed by atoms with Gasteiger partial charge in [0.2, 0.25) is 0 Å². The van der Waals surface area contributed by atoms with Crippen LogP contribution in [-0.2, 0) is 4.79 Å². The number of guanidine groups is 1. The van der Waals surface area contributed by atoms with Gasteiger partial charge >= 0.3 is 0 Å². The molecule has 2 heterocycles. The van der Waals surface area contributed by atoms with Gasteiger partial charge in [0.15, 0.2) is 5.96 Å². The summed E-state index contributed by atoms with van der Waals surface area (Å²) in [5.41, 5.74) is 13.4. The van der Waals surface area contributed by atoms with Gasteiger partial charge in [0.1, 0.15) is 11.8 Å². The van der Waals surface area contributed by atoms with Gasteiger partial charge in [-0.05, 0) is 29.1 Å². The normalized spacial score (nSPS) is 10.6. The highest BCUT2D eigenvalue weighted by Gasteiger charge is 2.13. The zero-order valence-electron chi connectivity index (χ0n) is 13.8. The van der Waals surface area contributed by atoms with Crippen LogP contribution in [0.2, 0.25) is 0 Å². The number of hydrogen-bond acceptors (Lipinski definition) is 3. The van der Waals surface area contributed by atoms with E-state index in [1.54, 1.807) is 12.1 Å². The van der Waals surface area contributed by atoms with E-state index in [0.717, 1.165) is 33.1 Å². The van der Waals surface area contributed by atoms with E-state index in [4.69, 9.17) is 11.5 Å². The smallest absolute Gasteiger partial charge is 0.191 e. The summed E-state index contributed by atoms with van der Waals surface area (Å²) in [6.07, 6.45) is 4.98. The van der Waals surface area contributed by atoms with Gasteiger partial charge in [-0.3, -0.25) is 4.57 Å². The molecule has 0 spiro atoms. The Morgan fingerprint density at radius 2 is 1.96 bits per heavy atom. The minimum Gasteiger partial charge on any atom is -0.370 e. The predicted molar refractivity (Wildman–Crippen MR) is 104 cm³/mol. The molecule has 0 atom stereocenters. The third-order valence-electron chi connectivity index (χ3n) is 4.16. The average Bonchev–Trinajstić information content (AvgIpc) is 2.99. The third-order valence-corrected chi connectivity index (χ3v) is 4.16. The number of benzene rings is 2. The van der Waals surface area contributed by atoms with Crippen molar-refractivity contribution in [2.75, 3.05) is 0 Å². The standard InChI is InChI=1S/C20H15N5O/c21-20(22)24-17-12-25(18-6-5-13(8-10-26)11-16(17)18)19-15-4-2-1-3-14(15)7-9-23-19/h1-9,11-12H,(H4,21,22,24). The molecule has 6 nitrogen and oxygen atoms in total. The molecule has 6 heteroatoms. The highest BCUT2D eigenvalue weighted by atomic mass is 16.1. The van der Waals surface area contributed by atoms with Crippen molar-refractivity contribution in [3.63, 3.8) is 0 Å². The van der Waals surface area contributed by atoms with Gasteiger partial charge in [-0.1, -0.05) is 30.3 Å². The summed E-state index contributed by atoms with van der Waals surface area (Å²) in [4.78, 5) is 19.5. The van der Waals surface area contributed by atoms with Crippen LogP contribution >= 0.6 is 0 Å². The number of rotatable bonds is 3. The highest BCUT2D eigenvalue weighted by Crippen LogP contribution is 2.33. The Balaban J connectivity index is 2.06. The highest BCUT2D eigenvalue weighted by molar-refractivity contribution is 5.99. The summed E-state index contributed by atoms with van der Waals surface area (Å²) in [6, 6.07) is 15.6. The zero-order valence-corrected chi connectivity index (χ0v) is 13.8. The van der Waals surface area contributed by atoms with E-state index in [1.807, 2.05) is 59.3 Å². The summed E-state index contributed by atoms with van der Waals surface area (Å²) >= 11 is 0. The molecule has 0 aliphatic carbocycles. The van der Waals surface area contributed by atoms with Gasteiger partial charge in [0.25, 0.3) is 0 Å². The van der Waals surface area contributed by atoms with E-state index in [1.165, 1.54) is 6.08 Å². The minimum absolute atomic E-state index is 0.0359. The van der Waals surface area contributed by atoms with Gasteiger partial charge in [-0.15, -0.1) is 0 Å². The van der Waals surface area contributed by atoms with E-state index in [-0.39, 0.29) is 5.96 Å². The Morgan fingerprint density at radius 3 is 2.77 bits per heavy atom. The fourth-order valence-corrected chi connectivity index (χ4v) is 3.09. The number of carbonyl (C=O) groups excluding carboxylic acids is 1. The number of pyridine rings is 1. The van der Waals surface area contributed by atoms with Crippen molar-refractivity contribution in [2.24, 2.45) is 16.5 Å². The molecule has 0 bridgehead atoms. The molecular formula is C20H15N5O. The maximum absolute atomic E-state index is 10.7. The number of nitrogens with two attached hydrogens (primary N) is 2. The quantitative estimate of drug-likeness (QED) is 0.340. The fourth-order valence-electron chi connectivity index (χ4n) is 3.09. The molecule has 2 aromatic carbocycles. The molecule has 0 aliphatic heterocycles. The van der Waals surface area contributed by atoms with E-state index >= 15 is 0 Å². The van der Waals surface area contributed by atoms with Crippen molar-refractivity contribution in [2.45, 2.75) is 0 Å². The Labute approximate surface area is 149 Å². The first-order valence-corrected chi connectivity index (χ1v) is 7.97. The summed E-state index contributed by atoms with van der Waals surface area (Å²) in [5, 5.41) is 2.92. The van der Waals surface area contributed by atoms with Crippen LogP contribution in [0.15, 0.2) is 65.9 Å². The minimum atomic E-state index is -0.0359. The zero-order chi connectivity index (χ0) is 18.1. The van der Waals surface area contributed by atoms with Crippen LogP contribution in [0, 0.1) is 0 Å². The molecule has 0 unspecified atom stereocenters. The van der Waals surface area contributed by atoms with Crippen LogP contribution in [0.25, 0.3) is 33.6 Å². The largest absolute Gasteiger partial charge is 0.370 e. The van der Waals surface area contributed by atoms with Gasteiger partial charge in [-0.2, -0.15) is 0 Å². The molecule has 4 N–H and O–H groups in total. The first-order valence-electron chi connectivity index (χ1n) is 7.97. The molecule has 0 amide bonds. The van der Waals surface area contributed by atoms with Crippen molar-refractivity contribution in [1.29, 1.82) is 0 Å². The first kappa shape index (κ1) is 15.6. The first-order chi connectivity index (χ1) is 12.7. The van der Waals surface area contributed by atoms with Crippen molar-refractivity contribution in [3.8, 4) is 5.82 Å². The lowest BCUT2D eigenvalue weighted by molar-refractivity contribution is 0.570. The maximum Gasteiger partial charge on any atom is 0.191 e. The number of hydrogen-bond donors (Lipinski definition) is 2. The number of aliphatic imine (C=N–C) groups is 1. The lowest BCUT2D eigenvalue weighted by Gasteiger charge is -2.08. The Kier molecular flexibility index (Phi) is 3.73. The van der Waals surface area contributed by atoms with Crippen molar-refractivity contribution < 1.29 is 4.79 Å². The van der Waals surface area contributed by atoms with Crippen LogP contribution in [0.4, 0.5) is 5.69 Å². The SMILES string of the molecule is NC(N)=Nc1cn(-c2nccc3ccccc23)c2ccc(C=C=O)cc12. The molecule has 26 heavy (non-hydrogen) atoms. The number of aromatic nitrogens is 2. The van der Waals surface area contributed by atoms with Crippen LogP contribution in [0.5, 0.6) is 0 Å². The molecule has 0 saturated carbocycles. The average molecular weight is 341 g/mol. The van der Waals surface area contributed by atoms with Crippen molar-refractivity contribution in [3.05, 3.63) is 66.5 Å². The molecule has 0 fully saturated rings. The fraction of sp³-hybridized carbons (Fsp3) is 0. The molecular weight excluding hydrogens is 326 g/mol. The van der Waals surface area contributed by atoms with E-state index in [0.29, 0.717) is 5.69 Å². The Bertz CT molecular complexity index is 1210. The molecule has 2 aromatic heterocycles. The van der Waals surface area contributed by atoms with Crippen molar-refractivity contribution in [1.82, 2.24) is 9.55 Å². The predicted octanol–water partition coefficient (Wildman–Crippen LogP) is 2.93. The lowest BCUT2D eigenvalue weighted by atomic mass is 10.1. The summed E-state index contributed by atoms with van der Waals surface area (Å²) in [7, 11) is 0. The third kappa shape index (κ3) is 2.60. The van der Waals surface area contributed by atoms with E-state index < -0.39 is 0 Å². The molecule has 0 saturated heterocycles. The van der Waals surface area contributed by atoms with Gasteiger partial charge in [-0.25, -0.2) is 14.8 Å². The molecule has 0 radical (unpaired) electrons. The molecule has 0 aliphatic rings. The van der Waals surface area contributed by atoms with Crippen molar-refractivity contribution >= 4 is 45.3 Å². The Hall–Kier alpha value is -3.89. The summed E-state index contributed by atoms with van der Waals surface area (Å²) < 4.78 is 1.95.